The molecule has 23 heavy (non-hydrogen) atoms. The minimum Gasteiger partial charge on any atom is -0.472 e. The lowest BCUT2D eigenvalue weighted by molar-refractivity contribution is 0.0933. The van der Waals surface area contributed by atoms with E-state index in [1.165, 1.54) is 10.8 Å². The van der Waals surface area contributed by atoms with Gasteiger partial charge in [-0.05, 0) is 25.1 Å². The van der Waals surface area contributed by atoms with Gasteiger partial charge in [-0.3, -0.25) is 14.3 Å². The van der Waals surface area contributed by atoms with Crippen molar-refractivity contribution in [2.24, 2.45) is 0 Å². The van der Waals surface area contributed by atoms with Crippen molar-refractivity contribution >= 4 is 8.32 Å². The Kier molecular flexibility index (Phi) is 4.47. The zero-order valence-electron chi connectivity index (χ0n) is 14.7. The van der Waals surface area contributed by atoms with Gasteiger partial charge in [0.15, 0.2) is 14.5 Å². The maximum Gasteiger partial charge on any atom is 0.331 e. The number of nitrogens with one attached hydrogen (secondary N) is 1. The Balaban J connectivity index is 2.23. The van der Waals surface area contributed by atoms with Gasteiger partial charge in [-0.15, -0.1) is 0 Å². The lowest BCUT2D eigenvalue weighted by Crippen LogP contribution is -2.43. The Morgan fingerprint density at radius 1 is 1.39 bits per heavy atom. The van der Waals surface area contributed by atoms with Crippen LogP contribution < -0.4 is 11.2 Å². The highest BCUT2D eigenvalue weighted by Crippen LogP contribution is 2.41. The number of hydrogen-bond acceptors (Lipinski definition) is 4. The van der Waals surface area contributed by atoms with Gasteiger partial charge < -0.3 is 9.16 Å². The van der Waals surface area contributed by atoms with Gasteiger partial charge in [0.2, 0.25) is 0 Å². The topological polar surface area (TPSA) is 73.3 Å². The lowest BCUT2D eigenvalue weighted by Gasteiger charge is -2.38. The standard InChI is InChI=1S/C16H26N2O4Si/c1-10-9-18(15(20)17-14(10)19)13-8-12(11(2)21-13)22-23(6,7)16(3,4)5/h9,12-13H,2,8H2,1,3-7H3,(H,17,19,20)/t12-,13?/m1/s1. The Bertz CT molecular complexity index is 727. The summed E-state index contributed by atoms with van der Waals surface area (Å²) in [5.74, 6) is 0.538. The Morgan fingerprint density at radius 3 is 2.57 bits per heavy atom. The van der Waals surface area contributed by atoms with Gasteiger partial charge in [0.25, 0.3) is 5.56 Å². The van der Waals surface area contributed by atoms with Gasteiger partial charge in [-0.2, -0.15) is 0 Å². The second-order valence-corrected chi connectivity index (χ2v) is 12.4. The zero-order valence-corrected chi connectivity index (χ0v) is 15.7. The third-order valence-corrected chi connectivity index (χ3v) is 9.25. The molecule has 1 unspecified atom stereocenters. The summed E-state index contributed by atoms with van der Waals surface area (Å²) in [5, 5.41) is 0.0801. The molecule has 128 valence electrons. The van der Waals surface area contributed by atoms with Crippen LogP contribution in [0.1, 0.15) is 39.0 Å². The Labute approximate surface area is 137 Å². The van der Waals surface area contributed by atoms with Crippen LogP contribution in [0.2, 0.25) is 18.1 Å². The summed E-state index contributed by atoms with van der Waals surface area (Å²) < 4.78 is 13.5. The van der Waals surface area contributed by atoms with Crippen LogP contribution in [-0.4, -0.2) is 24.0 Å². The average Bonchev–Trinajstić information content (AvgIpc) is 2.73. The summed E-state index contributed by atoms with van der Waals surface area (Å²) in [7, 11) is -1.96. The molecular formula is C16H26N2O4Si. The van der Waals surface area contributed by atoms with E-state index in [4.69, 9.17) is 9.16 Å². The molecule has 0 bridgehead atoms. The summed E-state index contributed by atoms with van der Waals surface area (Å²) in [4.78, 5) is 25.8. The molecule has 1 aromatic heterocycles. The van der Waals surface area contributed by atoms with Crippen LogP contribution in [-0.2, 0) is 9.16 Å². The van der Waals surface area contributed by atoms with Gasteiger partial charge in [0.1, 0.15) is 11.9 Å². The van der Waals surface area contributed by atoms with E-state index in [-0.39, 0.29) is 16.7 Å². The molecule has 6 nitrogen and oxygen atoms in total. The average molecular weight is 338 g/mol. The molecule has 1 aromatic rings. The first kappa shape index (κ1) is 17.7. The molecule has 0 aliphatic carbocycles. The van der Waals surface area contributed by atoms with Crippen LogP contribution in [0.4, 0.5) is 0 Å². The number of nitrogens with zero attached hydrogens (tertiary/aromatic N) is 1. The van der Waals surface area contributed by atoms with E-state index in [2.05, 4.69) is 45.4 Å². The van der Waals surface area contributed by atoms with E-state index < -0.39 is 20.2 Å². The molecule has 1 saturated heterocycles. The third kappa shape index (κ3) is 3.50. The third-order valence-electron chi connectivity index (χ3n) is 4.76. The molecule has 2 atom stereocenters. The molecule has 0 radical (unpaired) electrons. The smallest absolute Gasteiger partial charge is 0.331 e. The molecule has 2 heterocycles. The van der Waals surface area contributed by atoms with Crippen molar-refractivity contribution in [1.82, 2.24) is 9.55 Å². The maximum absolute atomic E-state index is 12.0. The zero-order chi connectivity index (χ0) is 17.6. The number of H-pyrrole nitrogens is 1. The second-order valence-electron chi connectivity index (χ2n) is 7.62. The largest absolute Gasteiger partial charge is 0.472 e. The second kappa shape index (κ2) is 5.79. The number of aromatic nitrogens is 2. The maximum atomic E-state index is 12.0. The highest BCUT2D eigenvalue weighted by atomic mass is 28.4. The minimum absolute atomic E-state index is 0.0801. The van der Waals surface area contributed by atoms with Gasteiger partial charge in [-0.1, -0.05) is 27.4 Å². The van der Waals surface area contributed by atoms with Crippen molar-refractivity contribution in [2.45, 2.75) is 64.6 Å². The van der Waals surface area contributed by atoms with Crippen LogP contribution in [0, 0.1) is 6.92 Å². The van der Waals surface area contributed by atoms with E-state index in [9.17, 15) is 9.59 Å². The molecule has 0 spiro atoms. The Hall–Kier alpha value is -1.60. The number of aromatic amines is 1. The first-order valence-electron chi connectivity index (χ1n) is 7.78. The minimum atomic E-state index is -1.96. The fourth-order valence-corrected chi connectivity index (χ4v) is 3.52. The van der Waals surface area contributed by atoms with E-state index in [0.717, 1.165) is 0 Å². The van der Waals surface area contributed by atoms with Crippen LogP contribution in [0.5, 0.6) is 0 Å². The predicted octanol–water partition coefficient (Wildman–Crippen LogP) is 2.67. The molecule has 0 saturated carbocycles. The van der Waals surface area contributed by atoms with Gasteiger partial charge in [0.05, 0.1) is 0 Å². The van der Waals surface area contributed by atoms with Gasteiger partial charge in [-0.25, -0.2) is 4.79 Å². The van der Waals surface area contributed by atoms with E-state index >= 15 is 0 Å². The van der Waals surface area contributed by atoms with Crippen LogP contribution in [0.3, 0.4) is 0 Å². The van der Waals surface area contributed by atoms with E-state index in [1.54, 1.807) is 6.92 Å². The molecule has 0 aromatic carbocycles. The highest BCUT2D eigenvalue weighted by Gasteiger charge is 2.43. The normalized spacial score (nSPS) is 22.3. The molecule has 1 fully saturated rings. The van der Waals surface area contributed by atoms with E-state index in [0.29, 0.717) is 17.7 Å². The van der Waals surface area contributed by atoms with Gasteiger partial charge in [0, 0.05) is 18.2 Å². The first-order valence-corrected chi connectivity index (χ1v) is 10.7. The van der Waals surface area contributed by atoms with Crippen LogP contribution in [0.25, 0.3) is 0 Å². The summed E-state index contributed by atoms with van der Waals surface area (Å²) >= 11 is 0. The summed E-state index contributed by atoms with van der Waals surface area (Å²) in [6.07, 6.45) is 1.30. The summed E-state index contributed by atoms with van der Waals surface area (Å²) in [6.45, 7) is 16.4. The molecular weight excluding hydrogens is 312 g/mol. The SMILES string of the molecule is C=C1OC(n2cc(C)c(=O)[nH]c2=O)C[C@H]1O[Si](C)(C)C(C)(C)C. The fraction of sp³-hybridized carbons (Fsp3) is 0.625. The summed E-state index contributed by atoms with van der Waals surface area (Å²) in [5.41, 5.74) is -0.392. The molecule has 0 amide bonds. The van der Waals surface area contributed by atoms with Crippen LogP contribution in [0.15, 0.2) is 28.1 Å². The molecule has 7 heteroatoms. The van der Waals surface area contributed by atoms with Gasteiger partial charge >= 0.3 is 5.69 Å². The van der Waals surface area contributed by atoms with Crippen molar-refractivity contribution in [3.05, 3.63) is 44.9 Å². The number of hydrogen-bond donors (Lipinski definition) is 1. The van der Waals surface area contributed by atoms with Crippen molar-refractivity contribution in [1.29, 1.82) is 0 Å². The number of aryl methyl sites for hydroxylation is 1. The molecule has 2 rings (SSSR count). The van der Waals surface area contributed by atoms with E-state index in [1.807, 2.05) is 0 Å². The molecule has 1 N–H and O–H groups in total. The highest BCUT2D eigenvalue weighted by molar-refractivity contribution is 6.74. The van der Waals surface area contributed by atoms with Crippen LogP contribution >= 0.6 is 0 Å². The number of ether oxygens (including phenoxy) is 1. The quantitative estimate of drug-likeness (QED) is 0.860. The molecule has 1 aliphatic heterocycles. The van der Waals surface area contributed by atoms with Crippen molar-refractivity contribution in [3.8, 4) is 0 Å². The molecule has 1 aliphatic rings. The van der Waals surface area contributed by atoms with Crippen molar-refractivity contribution < 1.29 is 9.16 Å². The Morgan fingerprint density at radius 2 is 2.00 bits per heavy atom. The van der Waals surface area contributed by atoms with Crippen molar-refractivity contribution in [2.75, 3.05) is 0 Å². The monoisotopic (exact) mass is 338 g/mol. The summed E-state index contributed by atoms with van der Waals surface area (Å²) in [6, 6.07) is 0. The fourth-order valence-electron chi connectivity index (χ4n) is 2.23. The lowest BCUT2D eigenvalue weighted by atomic mass is 10.2. The predicted molar refractivity (Wildman–Crippen MR) is 92.0 cm³/mol. The van der Waals surface area contributed by atoms with Crippen molar-refractivity contribution in [3.63, 3.8) is 0 Å². The number of rotatable bonds is 3. The first-order chi connectivity index (χ1) is 10.4.